The van der Waals surface area contributed by atoms with Crippen LogP contribution in [-0.4, -0.2) is 58.6 Å². The van der Waals surface area contributed by atoms with Gasteiger partial charge in [0.25, 0.3) is 0 Å². The average Bonchev–Trinajstić information content (AvgIpc) is 2.42. The van der Waals surface area contributed by atoms with E-state index in [4.69, 9.17) is 14.2 Å². The molecule has 0 radical (unpaired) electrons. The first-order valence-corrected chi connectivity index (χ1v) is 6.64. The van der Waals surface area contributed by atoms with E-state index in [0.29, 0.717) is 52.6 Å². The Morgan fingerprint density at radius 1 is 0.947 bits per heavy atom. The van der Waals surface area contributed by atoms with E-state index in [0.717, 1.165) is 6.42 Å². The third-order valence-corrected chi connectivity index (χ3v) is 2.13. The Labute approximate surface area is 113 Å². The first-order chi connectivity index (χ1) is 9.31. The number of nitrogens with one attached hydrogen (secondary N) is 2. The maximum absolute atomic E-state index is 11.5. The van der Waals surface area contributed by atoms with Gasteiger partial charge in [0.2, 0.25) is 5.91 Å². The fourth-order valence-electron chi connectivity index (χ4n) is 1.17. The van der Waals surface area contributed by atoms with Gasteiger partial charge in [-0.3, -0.25) is 4.79 Å². The molecule has 0 rings (SSSR count). The maximum Gasteiger partial charge on any atom is 0.222 e. The van der Waals surface area contributed by atoms with E-state index in [1.165, 1.54) is 5.54 Å². The summed E-state index contributed by atoms with van der Waals surface area (Å²) in [6.07, 6.45) is 1.31. The molecular weight excluding hydrogens is 255 g/mol. The van der Waals surface area contributed by atoms with Gasteiger partial charge in [-0.1, -0.05) is 6.92 Å². The van der Waals surface area contributed by atoms with E-state index < -0.39 is 0 Å². The van der Waals surface area contributed by atoms with Crippen LogP contribution >= 0.6 is 0 Å². The van der Waals surface area contributed by atoms with Gasteiger partial charge < -0.3 is 19.5 Å². The molecule has 6 nitrogen and oxygen atoms in total. The molecule has 0 saturated carbocycles. The van der Waals surface area contributed by atoms with E-state index in [-0.39, 0.29) is 12.5 Å². The number of ether oxygens (including phenoxy) is 3. The Hall–Kier alpha value is -0.760. The van der Waals surface area contributed by atoms with Crippen molar-refractivity contribution in [2.24, 2.45) is 0 Å². The van der Waals surface area contributed by atoms with Crippen LogP contribution in [0.1, 0.15) is 19.8 Å². The molecule has 0 heterocycles. The fraction of sp³-hybridized carbons (Fsp3) is 0.917. The summed E-state index contributed by atoms with van der Waals surface area (Å²) < 4.78 is 27.0. The second-order valence-corrected chi connectivity index (χ2v) is 3.82. The van der Waals surface area contributed by atoms with Crippen LogP contribution in [0.15, 0.2) is 0 Å². The minimum atomic E-state index is 0.0117. The Morgan fingerprint density at radius 2 is 1.53 bits per heavy atom. The zero-order chi connectivity index (χ0) is 14.2. The number of hydrogen-bond acceptors (Lipinski definition) is 5. The highest BCUT2D eigenvalue weighted by atomic mass is 19.2. The molecule has 0 aromatic carbocycles. The van der Waals surface area contributed by atoms with Gasteiger partial charge in [-0.15, -0.1) is 4.48 Å². The van der Waals surface area contributed by atoms with Crippen LogP contribution in [0.25, 0.3) is 0 Å². The number of carbonyl (C=O) groups excluding carboxylic acids is 1. The lowest BCUT2D eigenvalue weighted by Gasteiger charge is -2.06. The van der Waals surface area contributed by atoms with Crippen molar-refractivity contribution in [1.29, 1.82) is 0 Å². The van der Waals surface area contributed by atoms with Crippen molar-refractivity contribution < 1.29 is 23.5 Å². The van der Waals surface area contributed by atoms with Crippen molar-refractivity contribution in [3.8, 4) is 0 Å². The lowest BCUT2D eigenvalue weighted by Crippen LogP contribution is -2.25. The Kier molecular flexibility index (Phi) is 14.7. The summed E-state index contributed by atoms with van der Waals surface area (Å²) in [5.41, 5.74) is 1.50. The summed E-state index contributed by atoms with van der Waals surface area (Å²) in [6.45, 7) is 5.41. The van der Waals surface area contributed by atoms with Crippen molar-refractivity contribution >= 4 is 5.91 Å². The summed E-state index contributed by atoms with van der Waals surface area (Å²) in [4.78, 5) is 11.2. The zero-order valence-corrected chi connectivity index (χ0v) is 11.6. The first kappa shape index (κ1) is 18.2. The normalized spacial score (nSPS) is 10.6. The molecule has 0 aromatic rings. The maximum atomic E-state index is 11.5. The summed E-state index contributed by atoms with van der Waals surface area (Å²) in [6, 6.07) is 0. The second kappa shape index (κ2) is 15.3. The van der Waals surface area contributed by atoms with Crippen molar-refractivity contribution in [1.82, 2.24) is 10.9 Å². The van der Waals surface area contributed by atoms with Gasteiger partial charge in [0.1, 0.15) is 0 Å². The summed E-state index contributed by atoms with van der Waals surface area (Å²) in [5, 5.41) is 2.77. The van der Waals surface area contributed by atoms with E-state index >= 15 is 0 Å². The highest BCUT2D eigenvalue weighted by Gasteiger charge is 1.99. The van der Waals surface area contributed by atoms with Crippen LogP contribution in [0.4, 0.5) is 4.48 Å². The van der Waals surface area contributed by atoms with Gasteiger partial charge in [-0.2, -0.15) is 5.54 Å². The monoisotopic (exact) mass is 280 g/mol. The van der Waals surface area contributed by atoms with Crippen LogP contribution in [0.2, 0.25) is 0 Å². The van der Waals surface area contributed by atoms with Gasteiger partial charge in [-0.25, -0.2) is 0 Å². The molecule has 0 bridgehead atoms. The molecule has 0 aliphatic rings. The number of hydrogen-bond donors (Lipinski definition) is 2. The van der Waals surface area contributed by atoms with Gasteiger partial charge in [0.05, 0.1) is 39.6 Å². The molecule has 114 valence electrons. The molecule has 7 heteroatoms. The van der Waals surface area contributed by atoms with Crippen LogP contribution < -0.4 is 10.9 Å². The molecule has 2 N–H and O–H groups in total. The summed E-state index contributed by atoms with van der Waals surface area (Å²) in [7, 11) is 0. The second-order valence-electron chi connectivity index (χ2n) is 3.82. The minimum absolute atomic E-state index is 0.0117. The topological polar surface area (TPSA) is 68.8 Å². The number of amides is 1. The van der Waals surface area contributed by atoms with Crippen LogP contribution in [0, 0.1) is 0 Å². The lowest BCUT2D eigenvalue weighted by molar-refractivity contribution is -0.122. The highest BCUT2D eigenvalue weighted by Crippen LogP contribution is 1.85. The summed E-state index contributed by atoms with van der Waals surface area (Å²) in [5.74, 6) is 0.0117. The SMILES string of the molecule is CCCNC(=O)CCOCCOCCOCCNF. The Balaban J connectivity index is 3.04. The zero-order valence-electron chi connectivity index (χ0n) is 11.6. The fourth-order valence-corrected chi connectivity index (χ4v) is 1.17. The lowest BCUT2D eigenvalue weighted by atomic mass is 10.4. The van der Waals surface area contributed by atoms with Gasteiger partial charge >= 0.3 is 0 Å². The Bertz CT molecular complexity index is 208. The van der Waals surface area contributed by atoms with Gasteiger partial charge in [-0.05, 0) is 6.42 Å². The molecule has 0 aromatic heterocycles. The van der Waals surface area contributed by atoms with Crippen molar-refractivity contribution in [2.75, 3.05) is 52.7 Å². The first-order valence-electron chi connectivity index (χ1n) is 6.64. The van der Waals surface area contributed by atoms with Crippen LogP contribution in [-0.2, 0) is 19.0 Å². The van der Waals surface area contributed by atoms with Crippen molar-refractivity contribution in [3.63, 3.8) is 0 Å². The molecule has 0 aliphatic heterocycles. The van der Waals surface area contributed by atoms with Crippen LogP contribution in [0.5, 0.6) is 0 Å². The number of carbonyl (C=O) groups is 1. The van der Waals surface area contributed by atoms with Gasteiger partial charge in [0.15, 0.2) is 0 Å². The van der Waals surface area contributed by atoms with Crippen molar-refractivity contribution in [3.05, 3.63) is 0 Å². The van der Waals surface area contributed by atoms with E-state index in [2.05, 4.69) is 5.32 Å². The average molecular weight is 280 g/mol. The third kappa shape index (κ3) is 15.2. The molecule has 0 fully saturated rings. The van der Waals surface area contributed by atoms with Crippen molar-refractivity contribution in [2.45, 2.75) is 19.8 Å². The summed E-state index contributed by atoms with van der Waals surface area (Å²) >= 11 is 0. The molecule has 0 unspecified atom stereocenters. The number of rotatable bonds is 14. The van der Waals surface area contributed by atoms with E-state index in [9.17, 15) is 9.28 Å². The smallest absolute Gasteiger partial charge is 0.222 e. The predicted molar refractivity (Wildman–Crippen MR) is 69.5 cm³/mol. The van der Waals surface area contributed by atoms with Gasteiger partial charge in [0, 0.05) is 19.5 Å². The molecule has 1 amide bonds. The standard InChI is InChI=1S/C12H25FN2O4/c1-2-4-14-12(16)3-6-17-8-10-19-11-9-18-7-5-15-13/h15H,2-11H2,1H3,(H,14,16). The molecule has 0 saturated heterocycles. The number of halogens is 1. The van der Waals surface area contributed by atoms with Crippen LogP contribution in [0.3, 0.4) is 0 Å². The predicted octanol–water partition coefficient (Wildman–Crippen LogP) is 0.427. The van der Waals surface area contributed by atoms with E-state index in [1.54, 1.807) is 0 Å². The minimum Gasteiger partial charge on any atom is -0.379 e. The molecule has 19 heavy (non-hydrogen) atoms. The molecule has 0 atom stereocenters. The third-order valence-electron chi connectivity index (χ3n) is 2.13. The molecular formula is C12H25FN2O4. The molecule has 0 spiro atoms. The Morgan fingerprint density at radius 3 is 2.11 bits per heavy atom. The molecule has 0 aliphatic carbocycles. The quantitative estimate of drug-likeness (QED) is 0.357. The largest absolute Gasteiger partial charge is 0.379 e. The highest BCUT2D eigenvalue weighted by molar-refractivity contribution is 5.75. The van der Waals surface area contributed by atoms with E-state index in [1.807, 2.05) is 6.92 Å².